The molecule has 1 aromatic carbocycles. The number of alkyl halides is 1. The molecular formula is C21H17BrN2O6. The van der Waals surface area contributed by atoms with Crippen LogP contribution in [0.25, 0.3) is 22.3 Å². The number of aliphatic hydroxyl groups excluding tert-OH is 1. The van der Waals surface area contributed by atoms with Gasteiger partial charge >= 0.3 is 0 Å². The Morgan fingerprint density at radius 2 is 2.07 bits per heavy atom. The molecule has 5 rings (SSSR count). The summed E-state index contributed by atoms with van der Waals surface area (Å²) in [5.74, 6) is 1.29. The van der Waals surface area contributed by atoms with Crippen molar-refractivity contribution in [2.75, 3.05) is 13.9 Å². The number of nitrogens with zero attached hydrogens (tertiary/aromatic N) is 2. The van der Waals surface area contributed by atoms with E-state index < -0.39 is 6.10 Å². The van der Waals surface area contributed by atoms with Gasteiger partial charge in [-0.15, -0.1) is 0 Å². The highest BCUT2D eigenvalue weighted by molar-refractivity contribution is 9.08. The van der Waals surface area contributed by atoms with Crippen LogP contribution in [0.4, 0.5) is 0 Å². The monoisotopic (exact) mass is 472 g/mol. The van der Waals surface area contributed by atoms with Gasteiger partial charge in [-0.3, -0.25) is 4.79 Å². The van der Waals surface area contributed by atoms with Crippen molar-refractivity contribution in [3.63, 3.8) is 0 Å². The second-order valence-corrected chi connectivity index (χ2v) is 7.70. The average Bonchev–Trinajstić information content (AvgIpc) is 3.36. The molecule has 0 amide bonds. The molecular weight excluding hydrogens is 456 g/mol. The zero-order valence-corrected chi connectivity index (χ0v) is 17.6. The van der Waals surface area contributed by atoms with E-state index >= 15 is 0 Å². The minimum atomic E-state index is -1.41. The standard InChI is InChI=1S/C21H17BrN2O6/c1-28-8-14-11(17(26)7-25)2-16-20-13(6-24(16)21(14)27)12(5-22)10-3-18-19(30-9-29-18)4-15(10)23-20/h2-4,7,17,26H,5-6,8-9H2,1H3. The van der Waals surface area contributed by atoms with Gasteiger partial charge in [0, 0.05) is 40.6 Å². The lowest BCUT2D eigenvalue weighted by atomic mass is 10.00. The van der Waals surface area contributed by atoms with Crippen molar-refractivity contribution in [3.8, 4) is 22.9 Å². The molecule has 3 aromatic rings. The van der Waals surface area contributed by atoms with Crippen LogP contribution in [0, 0.1) is 0 Å². The molecule has 0 aliphatic carbocycles. The summed E-state index contributed by atoms with van der Waals surface area (Å²) in [6.45, 7) is 0.510. The second-order valence-electron chi connectivity index (χ2n) is 7.14. The number of pyridine rings is 2. The SMILES string of the molecule is COCc1c(C(O)C=O)cc2n(c1=O)Cc1c-2nc2cc3c(cc2c1CBr)OCO3. The molecule has 0 saturated carbocycles. The van der Waals surface area contributed by atoms with Gasteiger partial charge in [-0.05, 0) is 17.7 Å². The van der Waals surface area contributed by atoms with Gasteiger partial charge in [0.15, 0.2) is 17.8 Å². The van der Waals surface area contributed by atoms with Crippen LogP contribution in [-0.4, -0.2) is 34.8 Å². The van der Waals surface area contributed by atoms with Crippen LogP contribution in [0.1, 0.15) is 28.4 Å². The number of rotatable bonds is 5. The maximum absolute atomic E-state index is 13.2. The number of aliphatic hydroxyl groups is 1. The molecule has 2 aliphatic heterocycles. The fourth-order valence-electron chi connectivity index (χ4n) is 4.14. The lowest BCUT2D eigenvalue weighted by Crippen LogP contribution is -2.26. The number of hydrogen-bond acceptors (Lipinski definition) is 7. The van der Waals surface area contributed by atoms with Gasteiger partial charge in [0.05, 0.1) is 30.1 Å². The topological polar surface area (TPSA) is 99.9 Å². The Kier molecular flexibility index (Phi) is 4.61. The molecule has 8 nitrogen and oxygen atoms in total. The van der Waals surface area contributed by atoms with Crippen molar-refractivity contribution in [1.82, 2.24) is 9.55 Å². The Labute approximate surface area is 179 Å². The Hall–Kier alpha value is -2.75. The lowest BCUT2D eigenvalue weighted by molar-refractivity contribution is -0.115. The highest BCUT2D eigenvalue weighted by atomic mass is 79.9. The van der Waals surface area contributed by atoms with Crippen LogP contribution < -0.4 is 15.0 Å². The summed E-state index contributed by atoms with van der Waals surface area (Å²) < 4.78 is 17.7. The summed E-state index contributed by atoms with van der Waals surface area (Å²) in [7, 11) is 1.46. The second kappa shape index (κ2) is 7.19. The number of methoxy groups -OCH3 is 1. The lowest BCUT2D eigenvalue weighted by Gasteiger charge is -2.14. The number of carbonyl (C=O) groups excluding carboxylic acids is 1. The molecule has 0 fully saturated rings. The summed E-state index contributed by atoms with van der Waals surface area (Å²) in [6.07, 6.45) is -1.01. The highest BCUT2D eigenvalue weighted by Crippen LogP contribution is 2.42. The van der Waals surface area contributed by atoms with Gasteiger partial charge in [0.1, 0.15) is 6.10 Å². The van der Waals surface area contributed by atoms with Crippen molar-refractivity contribution in [2.45, 2.75) is 24.6 Å². The van der Waals surface area contributed by atoms with Crippen molar-refractivity contribution >= 4 is 33.1 Å². The molecule has 9 heteroatoms. The van der Waals surface area contributed by atoms with Crippen LogP contribution in [0.5, 0.6) is 11.5 Å². The molecule has 0 spiro atoms. The molecule has 0 radical (unpaired) electrons. The average molecular weight is 473 g/mol. The summed E-state index contributed by atoms with van der Waals surface area (Å²) in [4.78, 5) is 29.3. The third kappa shape index (κ3) is 2.69. The number of aldehydes is 1. The van der Waals surface area contributed by atoms with Gasteiger partial charge < -0.3 is 28.7 Å². The quantitative estimate of drug-likeness (QED) is 0.351. The molecule has 4 heterocycles. The van der Waals surface area contributed by atoms with E-state index in [-0.39, 0.29) is 30.1 Å². The molecule has 2 aliphatic rings. The highest BCUT2D eigenvalue weighted by Gasteiger charge is 2.30. The van der Waals surface area contributed by atoms with E-state index in [0.717, 1.165) is 16.5 Å². The van der Waals surface area contributed by atoms with E-state index in [1.165, 1.54) is 7.11 Å². The molecule has 1 N–H and O–H groups in total. The number of aromatic nitrogens is 2. The summed E-state index contributed by atoms with van der Waals surface area (Å²) in [5.41, 5.74) is 4.04. The van der Waals surface area contributed by atoms with Crippen molar-refractivity contribution in [1.29, 1.82) is 0 Å². The molecule has 0 bridgehead atoms. The maximum atomic E-state index is 13.2. The Morgan fingerprint density at radius 3 is 2.77 bits per heavy atom. The molecule has 1 atom stereocenters. The van der Waals surface area contributed by atoms with E-state index in [1.54, 1.807) is 10.6 Å². The Balaban J connectivity index is 1.80. The van der Waals surface area contributed by atoms with E-state index in [1.807, 2.05) is 12.1 Å². The Morgan fingerprint density at radius 1 is 1.30 bits per heavy atom. The van der Waals surface area contributed by atoms with Crippen LogP contribution in [0.2, 0.25) is 0 Å². The largest absolute Gasteiger partial charge is 0.454 e. The third-order valence-electron chi connectivity index (χ3n) is 5.56. The van der Waals surface area contributed by atoms with Crippen LogP contribution in [-0.2, 0) is 28.0 Å². The van der Waals surface area contributed by atoms with E-state index in [0.29, 0.717) is 46.6 Å². The number of fused-ring (bicyclic) bond motifs is 5. The zero-order chi connectivity index (χ0) is 21.0. The van der Waals surface area contributed by atoms with E-state index in [9.17, 15) is 14.7 Å². The predicted octanol–water partition coefficient (Wildman–Crippen LogP) is 2.43. The number of benzene rings is 1. The predicted molar refractivity (Wildman–Crippen MR) is 111 cm³/mol. The van der Waals surface area contributed by atoms with Gasteiger partial charge in [-0.25, -0.2) is 4.98 Å². The minimum absolute atomic E-state index is 0.00219. The number of ether oxygens (including phenoxy) is 3. The smallest absolute Gasteiger partial charge is 0.257 e. The molecule has 154 valence electrons. The van der Waals surface area contributed by atoms with Gasteiger partial charge in [-0.2, -0.15) is 0 Å². The van der Waals surface area contributed by atoms with Crippen molar-refractivity contribution in [3.05, 3.63) is 50.8 Å². The molecule has 1 unspecified atom stereocenters. The van der Waals surface area contributed by atoms with E-state index in [2.05, 4.69) is 15.9 Å². The first-order valence-electron chi connectivity index (χ1n) is 9.27. The fourth-order valence-corrected chi connectivity index (χ4v) is 4.78. The van der Waals surface area contributed by atoms with Gasteiger partial charge in [0.25, 0.3) is 5.56 Å². The number of carbonyl (C=O) groups is 1. The first-order chi connectivity index (χ1) is 14.6. The molecule has 0 saturated heterocycles. The van der Waals surface area contributed by atoms with Crippen molar-refractivity contribution < 1.29 is 24.1 Å². The van der Waals surface area contributed by atoms with Gasteiger partial charge in [0.2, 0.25) is 6.79 Å². The molecule has 30 heavy (non-hydrogen) atoms. The summed E-state index contributed by atoms with van der Waals surface area (Å²) in [6, 6.07) is 5.39. The van der Waals surface area contributed by atoms with Crippen LogP contribution in [0.3, 0.4) is 0 Å². The van der Waals surface area contributed by atoms with E-state index in [4.69, 9.17) is 19.2 Å². The normalized spacial score (nSPS) is 14.6. The number of halogens is 1. The Bertz CT molecular complexity index is 1270. The van der Waals surface area contributed by atoms with Crippen molar-refractivity contribution in [2.24, 2.45) is 0 Å². The third-order valence-corrected chi connectivity index (χ3v) is 6.12. The first kappa shape index (κ1) is 19.2. The first-order valence-corrected chi connectivity index (χ1v) is 10.4. The van der Waals surface area contributed by atoms with Gasteiger partial charge in [-0.1, -0.05) is 15.9 Å². The number of hydrogen-bond donors (Lipinski definition) is 1. The minimum Gasteiger partial charge on any atom is -0.454 e. The maximum Gasteiger partial charge on any atom is 0.257 e. The molecule has 2 aromatic heterocycles. The van der Waals surface area contributed by atoms with Crippen LogP contribution >= 0.6 is 15.9 Å². The summed E-state index contributed by atoms with van der Waals surface area (Å²) >= 11 is 3.57. The fraction of sp³-hybridized carbons (Fsp3) is 0.286. The summed E-state index contributed by atoms with van der Waals surface area (Å²) in [5, 5.41) is 11.7. The van der Waals surface area contributed by atoms with Crippen LogP contribution in [0.15, 0.2) is 23.0 Å². The zero-order valence-electron chi connectivity index (χ0n) is 16.0.